The van der Waals surface area contributed by atoms with Gasteiger partial charge in [-0.25, -0.2) is 0 Å². The molecular formula is C28H25BrF3NO6. The Balaban J connectivity index is 1.79. The van der Waals surface area contributed by atoms with Gasteiger partial charge in [0, 0.05) is 17.8 Å². The standard InChI is InChI=1S/C28H25BrF3NO6/c1-35-24-15-18(16-25(36-2)27(24)38-4)6-5-17-13-21(29)26(37-3)22(14-17)33-12-11-23(34)19-7-9-20(10-8-19)39-28(30,31)32/h5-16,33H,1-4H3/b6-5-,12-11-. The van der Waals surface area contributed by atoms with Crippen molar-refractivity contribution in [2.75, 3.05) is 33.8 Å². The zero-order valence-electron chi connectivity index (χ0n) is 21.4. The number of carbonyl (C=O) groups excluding carboxylic acids is 1. The van der Waals surface area contributed by atoms with Crippen molar-refractivity contribution in [2.24, 2.45) is 0 Å². The Morgan fingerprint density at radius 2 is 1.38 bits per heavy atom. The van der Waals surface area contributed by atoms with E-state index in [1.165, 1.54) is 38.6 Å². The molecule has 11 heteroatoms. The van der Waals surface area contributed by atoms with Crippen molar-refractivity contribution in [3.63, 3.8) is 0 Å². The summed E-state index contributed by atoms with van der Waals surface area (Å²) in [4.78, 5) is 12.5. The van der Waals surface area contributed by atoms with Crippen LogP contribution in [0.1, 0.15) is 21.5 Å². The Hall–Kier alpha value is -4.12. The lowest BCUT2D eigenvalue weighted by atomic mass is 10.1. The third kappa shape index (κ3) is 7.93. The van der Waals surface area contributed by atoms with E-state index in [9.17, 15) is 18.0 Å². The SMILES string of the molecule is COc1cc(/C=C\c2cc(Br)c(OC)c(N/C=C\C(=O)c3ccc(OC(F)(F)F)cc3)c2)cc(OC)c1OC. The molecule has 0 aromatic heterocycles. The summed E-state index contributed by atoms with van der Waals surface area (Å²) in [5.74, 6) is 1.21. The van der Waals surface area contributed by atoms with Crippen LogP contribution in [0.2, 0.25) is 0 Å². The monoisotopic (exact) mass is 607 g/mol. The molecule has 0 atom stereocenters. The molecule has 0 amide bonds. The van der Waals surface area contributed by atoms with Crippen molar-refractivity contribution in [3.05, 3.63) is 82.0 Å². The van der Waals surface area contributed by atoms with Crippen LogP contribution in [0.15, 0.2) is 65.3 Å². The summed E-state index contributed by atoms with van der Waals surface area (Å²) < 4.78 is 63.1. The third-order valence-corrected chi connectivity index (χ3v) is 5.86. The molecule has 0 unspecified atom stereocenters. The lowest BCUT2D eigenvalue weighted by molar-refractivity contribution is -0.274. The van der Waals surface area contributed by atoms with Crippen molar-refractivity contribution < 1.29 is 41.7 Å². The smallest absolute Gasteiger partial charge is 0.493 e. The Morgan fingerprint density at radius 1 is 0.821 bits per heavy atom. The van der Waals surface area contributed by atoms with Crippen LogP contribution in [-0.4, -0.2) is 40.6 Å². The first-order chi connectivity index (χ1) is 18.6. The maximum absolute atomic E-state index is 12.5. The number of halogens is 4. The largest absolute Gasteiger partial charge is 0.573 e. The van der Waals surface area contributed by atoms with Crippen LogP contribution in [0.25, 0.3) is 12.2 Å². The maximum atomic E-state index is 12.5. The van der Waals surface area contributed by atoms with Crippen LogP contribution in [0.3, 0.4) is 0 Å². The van der Waals surface area contributed by atoms with Crippen molar-refractivity contribution in [1.82, 2.24) is 0 Å². The van der Waals surface area contributed by atoms with E-state index < -0.39 is 17.9 Å². The fourth-order valence-corrected chi connectivity index (χ4v) is 4.18. The van der Waals surface area contributed by atoms with Gasteiger partial charge in [-0.2, -0.15) is 0 Å². The average molecular weight is 608 g/mol. The molecule has 0 bridgehead atoms. The fraction of sp³-hybridized carbons (Fsp3) is 0.179. The first kappa shape index (κ1) is 29.4. The van der Waals surface area contributed by atoms with E-state index in [2.05, 4.69) is 26.0 Å². The van der Waals surface area contributed by atoms with Crippen LogP contribution in [0.4, 0.5) is 18.9 Å². The Morgan fingerprint density at radius 3 is 1.90 bits per heavy atom. The second-order valence-corrected chi connectivity index (χ2v) is 8.64. The van der Waals surface area contributed by atoms with Crippen LogP contribution in [0, 0.1) is 0 Å². The van der Waals surface area contributed by atoms with Gasteiger partial charge in [0.1, 0.15) is 5.75 Å². The van der Waals surface area contributed by atoms with Gasteiger partial charge < -0.3 is 29.0 Å². The first-order valence-electron chi connectivity index (χ1n) is 11.3. The van der Waals surface area contributed by atoms with Gasteiger partial charge in [-0.3, -0.25) is 4.79 Å². The van der Waals surface area contributed by atoms with E-state index in [-0.39, 0.29) is 5.56 Å². The second kappa shape index (κ2) is 13.1. The van der Waals surface area contributed by atoms with Gasteiger partial charge in [0.15, 0.2) is 23.0 Å². The number of ketones is 1. The molecule has 0 spiro atoms. The fourth-order valence-electron chi connectivity index (χ4n) is 3.54. The number of rotatable bonds is 11. The van der Waals surface area contributed by atoms with Gasteiger partial charge in [-0.05, 0) is 75.6 Å². The van der Waals surface area contributed by atoms with Gasteiger partial charge in [0.25, 0.3) is 0 Å². The normalized spacial score (nSPS) is 11.5. The molecule has 3 rings (SSSR count). The molecule has 0 aliphatic carbocycles. The highest BCUT2D eigenvalue weighted by molar-refractivity contribution is 9.10. The van der Waals surface area contributed by atoms with E-state index in [1.54, 1.807) is 14.2 Å². The number of hydrogen-bond acceptors (Lipinski definition) is 7. The van der Waals surface area contributed by atoms with Crippen LogP contribution < -0.4 is 29.0 Å². The lowest BCUT2D eigenvalue weighted by Crippen LogP contribution is -2.17. The summed E-state index contributed by atoms with van der Waals surface area (Å²) in [5.41, 5.74) is 2.37. The summed E-state index contributed by atoms with van der Waals surface area (Å²) in [6, 6.07) is 11.9. The van der Waals surface area contributed by atoms with Gasteiger partial charge in [-0.15, -0.1) is 13.2 Å². The molecule has 0 saturated carbocycles. The number of ether oxygens (including phenoxy) is 5. The van der Waals surface area contributed by atoms with Gasteiger partial charge >= 0.3 is 6.36 Å². The lowest BCUT2D eigenvalue weighted by Gasteiger charge is -2.13. The van der Waals surface area contributed by atoms with Gasteiger partial charge in [0.2, 0.25) is 5.75 Å². The van der Waals surface area contributed by atoms with Gasteiger partial charge in [-0.1, -0.05) is 12.2 Å². The molecule has 3 aromatic rings. The minimum atomic E-state index is -4.80. The summed E-state index contributed by atoms with van der Waals surface area (Å²) in [7, 11) is 6.12. The highest BCUT2D eigenvalue weighted by Gasteiger charge is 2.31. The zero-order valence-corrected chi connectivity index (χ0v) is 23.0. The number of allylic oxidation sites excluding steroid dienone is 1. The van der Waals surface area contributed by atoms with E-state index in [0.29, 0.717) is 33.2 Å². The predicted molar refractivity (Wildman–Crippen MR) is 146 cm³/mol. The van der Waals surface area contributed by atoms with Crippen LogP contribution in [0.5, 0.6) is 28.7 Å². The number of nitrogens with one attached hydrogen (secondary N) is 1. The van der Waals surface area contributed by atoms with E-state index >= 15 is 0 Å². The molecule has 0 heterocycles. The maximum Gasteiger partial charge on any atom is 0.573 e. The molecule has 1 N–H and O–H groups in total. The van der Waals surface area contributed by atoms with E-state index in [4.69, 9.17) is 18.9 Å². The Kier molecular flexibility index (Phi) is 9.89. The van der Waals surface area contributed by atoms with Crippen molar-refractivity contribution in [1.29, 1.82) is 0 Å². The molecule has 0 radical (unpaired) electrons. The molecule has 0 saturated heterocycles. The summed E-state index contributed by atoms with van der Waals surface area (Å²) in [6.07, 6.45) is 1.61. The minimum absolute atomic E-state index is 0.192. The topological polar surface area (TPSA) is 75.3 Å². The van der Waals surface area contributed by atoms with Crippen molar-refractivity contribution >= 4 is 39.6 Å². The summed E-state index contributed by atoms with van der Waals surface area (Å²) in [6.45, 7) is 0. The minimum Gasteiger partial charge on any atom is -0.493 e. The molecule has 206 valence electrons. The van der Waals surface area contributed by atoms with Crippen LogP contribution in [-0.2, 0) is 0 Å². The number of alkyl halides is 3. The highest BCUT2D eigenvalue weighted by Crippen LogP contribution is 2.39. The molecule has 39 heavy (non-hydrogen) atoms. The number of hydrogen-bond donors (Lipinski definition) is 1. The second-order valence-electron chi connectivity index (χ2n) is 7.79. The van der Waals surface area contributed by atoms with E-state index in [1.807, 2.05) is 36.4 Å². The first-order valence-corrected chi connectivity index (χ1v) is 12.1. The predicted octanol–water partition coefficient (Wildman–Crippen LogP) is 7.36. The Bertz CT molecular complexity index is 1350. The van der Waals surface area contributed by atoms with Gasteiger partial charge in [0.05, 0.1) is 38.6 Å². The average Bonchev–Trinajstić information content (AvgIpc) is 2.90. The number of carbonyl (C=O) groups is 1. The summed E-state index contributed by atoms with van der Waals surface area (Å²) >= 11 is 3.50. The number of benzene rings is 3. The molecule has 3 aromatic carbocycles. The highest BCUT2D eigenvalue weighted by atomic mass is 79.9. The summed E-state index contributed by atoms with van der Waals surface area (Å²) in [5, 5.41) is 3.02. The molecule has 0 aliphatic heterocycles. The molecule has 0 fully saturated rings. The molecule has 7 nitrogen and oxygen atoms in total. The third-order valence-electron chi connectivity index (χ3n) is 5.27. The van der Waals surface area contributed by atoms with E-state index in [0.717, 1.165) is 23.3 Å². The zero-order chi connectivity index (χ0) is 28.6. The quantitative estimate of drug-likeness (QED) is 0.139. The van der Waals surface area contributed by atoms with Crippen molar-refractivity contribution in [2.45, 2.75) is 6.36 Å². The number of anilines is 1. The Labute approximate surface area is 231 Å². The molecular weight excluding hydrogens is 583 g/mol. The van der Waals surface area contributed by atoms with Crippen LogP contribution >= 0.6 is 15.9 Å². The van der Waals surface area contributed by atoms with Crippen molar-refractivity contribution in [3.8, 4) is 28.7 Å². The molecule has 0 aliphatic rings. The number of methoxy groups -OCH3 is 4.